The van der Waals surface area contributed by atoms with Gasteiger partial charge in [0.05, 0.1) is 5.56 Å². The second-order valence-electron chi connectivity index (χ2n) is 6.49. The van der Waals surface area contributed by atoms with E-state index in [1.54, 1.807) is 0 Å². The fourth-order valence-electron chi connectivity index (χ4n) is 3.81. The van der Waals surface area contributed by atoms with Crippen molar-refractivity contribution in [2.24, 2.45) is 7.05 Å². The van der Waals surface area contributed by atoms with E-state index < -0.39 is 0 Å². The lowest BCUT2D eigenvalue weighted by Crippen LogP contribution is -2.47. The Bertz CT molecular complexity index is 1060. The first-order chi connectivity index (χ1) is 12.3. The molecule has 0 amide bonds. The van der Waals surface area contributed by atoms with Gasteiger partial charge in [0.25, 0.3) is 0 Å². The van der Waals surface area contributed by atoms with Crippen LogP contribution in [0.25, 0.3) is 28.2 Å². The van der Waals surface area contributed by atoms with Crippen LogP contribution in [0, 0.1) is 0 Å². The summed E-state index contributed by atoms with van der Waals surface area (Å²) in [6, 6.07) is 25.6. The molecule has 0 N–H and O–H groups in total. The molecule has 0 aliphatic carbocycles. The fraction of sp³-hybridized carbons (Fsp3) is 0.0909. The molecule has 0 unspecified atom stereocenters. The summed E-state index contributed by atoms with van der Waals surface area (Å²) in [5.74, 6) is 1.24. The summed E-state index contributed by atoms with van der Waals surface area (Å²) >= 11 is 0. The normalized spacial score (nSPS) is 12.0. The molecule has 3 heterocycles. The van der Waals surface area contributed by atoms with E-state index in [0.717, 1.165) is 6.54 Å². The van der Waals surface area contributed by atoms with Gasteiger partial charge in [-0.1, -0.05) is 60.7 Å². The lowest BCUT2D eigenvalue weighted by atomic mass is 10.0. The van der Waals surface area contributed by atoms with Crippen molar-refractivity contribution < 1.29 is 9.25 Å². The van der Waals surface area contributed by atoms with Crippen LogP contribution in [0.3, 0.4) is 0 Å². The first-order valence-electron chi connectivity index (χ1n) is 8.57. The monoisotopic (exact) mass is 325 g/mol. The molecule has 5 rings (SSSR count). The molecule has 0 radical (unpaired) electrons. The van der Waals surface area contributed by atoms with Gasteiger partial charge in [0.15, 0.2) is 6.20 Å². The maximum atomic E-state index is 2.38. The Morgan fingerprint density at radius 1 is 0.800 bits per heavy atom. The lowest BCUT2D eigenvalue weighted by molar-refractivity contribution is -0.807. The highest BCUT2D eigenvalue weighted by Crippen LogP contribution is 2.34. The molecule has 0 atom stereocenters. The Balaban J connectivity index is 1.82. The van der Waals surface area contributed by atoms with E-state index in [2.05, 4.69) is 106 Å². The van der Waals surface area contributed by atoms with Crippen LogP contribution in [0.15, 0.2) is 85.2 Å². The maximum Gasteiger partial charge on any atom is 0.477 e. The summed E-state index contributed by atoms with van der Waals surface area (Å²) in [5, 5.41) is 0. The average Bonchev–Trinajstić information content (AvgIpc) is 3.19. The Morgan fingerprint density at radius 2 is 1.48 bits per heavy atom. The third-order valence-electron chi connectivity index (χ3n) is 4.92. The van der Waals surface area contributed by atoms with E-state index >= 15 is 0 Å². The van der Waals surface area contributed by atoms with E-state index in [4.69, 9.17) is 0 Å². The quantitative estimate of drug-likeness (QED) is 0.442. The topological polar surface area (TPSA) is 12.7 Å². The molecule has 0 spiro atoms. The smallest absolute Gasteiger partial charge is 0.143 e. The molecule has 2 aromatic heterocycles. The molecule has 4 aromatic rings. The van der Waals surface area contributed by atoms with Crippen molar-refractivity contribution in [3.8, 4) is 28.2 Å². The molecule has 120 valence electrons. The van der Waals surface area contributed by atoms with Gasteiger partial charge in [-0.25, -0.2) is 0 Å². The molecule has 0 saturated heterocycles. The van der Waals surface area contributed by atoms with Crippen molar-refractivity contribution in [3.05, 3.63) is 90.8 Å². The highest BCUT2D eigenvalue weighted by atomic mass is 15.5. The minimum atomic E-state index is 0.890. The number of rotatable bonds is 2. The minimum absolute atomic E-state index is 0.890. The predicted molar refractivity (Wildman–Crippen MR) is 97.1 cm³/mol. The predicted octanol–water partition coefficient (Wildman–Crippen LogP) is 3.29. The van der Waals surface area contributed by atoms with Crippen LogP contribution < -0.4 is 9.25 Å². The van der Waals surface area contributed by atoms with Gasteiger partial charge >= 0.3 is 5.82 Å². The fourth-order valence-corrected chi connectivity index (χ4v) is 3.81. The summed E-state index contributed by atoms with van der Waals surface area (Å²) in [4.78, 5) is 0. The summed E-state index contributed by atoms with van der Waals surface area (Å²) < 4.78 is 6.87. The summed E-state index contributed by atoms with van der Waals surface area (Å²) in [6.45, 7) is 0.890. The summed E-state index contributed by atoms with van der Waals surface area (Å²) in [5.41, 5.74) is 6.37. The second kappa shape index (κ2) is 5.42. The molecule has 3 heteroatoms. The third kappa shape index (κ3) is 2.13. The van der Waals surface area contributed by atoms with Crippen LogP contribution in [0.2, 0.25) is 0 Å². The van der Waals surface area contributed by atoms with Crippen LogP contribution in [-0.4, -0.2) is 4.68 Å². The third-order valence-corrected chi connectivity index (χ3v) is 4.92. The number of hydrogen-bond acceptors (Lipinski definition) is 0. The molecule has 3 nitrogen and oxygen atoms in total. The van der Waals surface area contributed by atoms with Gasteiger partial charge in [-0.15, -0.1) is 9.25 Å². The van der Waals surface area contributed by atoms with Gasteiger partial charge < -0.3 is 0 Å². The standard InChI is InChI=1S/C22H19N3/c1-23-14-8-13-19-15-24-21(18-11-6-3-7-12-18)20(16-25(24)22(19)23)17-9-4-2-5-10-17/h2-14,16H,15H2,1H3/q+2. The number of aryl methyl sites for hydroxylation is 1. The number of benzene rings is 2. The van der Waals surface area contributed by atoms with Gasteiger partial charge in [0.2, 0.25) is 6.20 Å². The zero-order valence-electron chi connectivity index (χ0n) is 14.1. The average molecular weight is 325 g/mol. The van der Waals surface area contributed by atoms with E-state index in [-0.39, 0.29) is 0 Å². The molecule has 25 heavy (non-hydrogen) atoms. The van der Waals surface area contributed by atoms with E-state index in [1.165, 1.54) is 33.8 Å². The number of aromatic nitrogens is 3. The van der Waals surface area contributed by atoms with Crippen molar-refractivity contribution in [1.29, 1.82) is 0 Å². The van der Waals surface area contributed by atoms with Gasteiger partial charge in [-0.3, -0.25) is 0 Å². The molecule has 0 bridgehead atoms. The van der Waals surface area contributed by atoms with Crippen molar-refractivity contribution in [3.63, 3.8) is 0 Å². The Kier molecular flexibility index (Phi) is 3.07. The SMILES string of the molecule is C[n+]1cccc2c1-[n+]1cc(-c3ccccc3)c(-c3ccccc3)n1C2. The van der Waals surface area contributed by atoms with Gasteiger partial charge in [0, 0.05) is 11.6 Å². The van der Waals surface area contributed by atoms with Crippen LogP contribution in [-0.2, 0) is 13.6 Å². The molecule has 1 aliphatic rings. The van der Waals surface area contributed by atoms with Gasteiger partial charge in [-0.2, -0.15) is 0 Å². The van der Waals surface area contributed by atoms with Gasteiger partial charge in [0.1, 0.15) is 24.8 Å². The van der Waals surface area contributed by atoms with Crippen molar-refractivity contribution in [1.82, 2.24) is 4.68 Å². The summed E-state index contributed by atoms with van der Waals surface area (Å²) in [6.07, 6.45) is 4.38. The maximum absolute atomic E-state index is 2.38. The number of hydrogen-bond donors (Lipinski definition) is 0. The van der Waals surface area contributed by atoms with Crippen LogP contribution in [0.4, 0.5) is 0 Å². The first-order valence-corrected chi connectivity index (χ1v) is 8.57. The Labute approximate surface area is 147 Å². The molecule has 1 aliphatic heterocycles. The van der Waals surface area contributed by atoms with E-state index in [9.17, 15) is 0 Å². The summed E-state index contributed by atoms with van der Waals surface area (Å²) in [7, 11) is 2.11. The minimum Gasteiger partial charge on any atom is -0.143 e. The zero-order chi connectivity index (χ0) is 16.8. The Hall–Kier alpha value is -3.20. The molecule has 0 fully saturated rings. The molecule has 2 aromatic carbocycles. The van der Waals surface area contributed by atoms with Crippen molar-refractivity contribution in [2.45, 2.75) is 6.54 Å². The highest BCUT2D eigenvalue weighted by Gasteiger charge is 2.39. The first kappa shape index (κ1) is 14.2. The van der Waals surface area contributed by atoms with Crippen molar-refractivity contribution in [2.75, 3.05) is 0 Å². The largest absolute Gasteiger partial charge is 0.477 e. The van der Waals surface area contributed by atoms with Crippen LogP contribution in [0.1, 0.15) is 5.56 Å². The van der Waals surface area contributed by atoms with Crippen LogP contribution >= 0.6 is 0 Å². The van der Waals surface area contributed by atoms with E-state index in [0.29, 0.717) is 0 Å². The van der Waals surface area contributed by atoms with Crippen LogP contribution in [0.5, 0.6) is 0 Å². The van der Waals surface area contributed by atoms with Gasteiger partial charge in [-0.05, 0) is 16.3 Å². The second-order valence-corrected chi connectivity index (χ2v) is 6.49. The number of nitrogens with zero attached hydrogens (tertiary/aromatic N) is 3. The molecule has 0 saturated carbocycles. The van der Waals surface area contributed by atoms with Crippen molar-refractivity contribution >= 4 is 0 Å². The lowest BCUT2D eigenvalue weighted by Gasteiger charge is -2.04. The number of fused-ring (bicyclic) bond motifs is 3. The zero-order valence-corrected chi connectivity index (χ0v) is 14.1. The highest BCUT2D eigenvalue weighted by molar-refractivity contribution is 5.80. The van der Waals surface area contributed by atoms with E-state index in [1.807, 2.05) is 0 Å². The molecular formula is C22H19N3+2. The number of pyridine rings is 1. The molecular weight excluding hydrogens is 306 g/mol. The Morgan fingerprint density at radius 3 is 2.20 bits per heavy atom.